The number of fused-ring (bicyclic) bond motifs is 5. The molecule has 2 saturated heterocycles. The molecular weight excluding hydrogens is 448 g/mol. The smallest absolute Gasteiger partial charge is 0.407 e. The van der Waals surface area contributed by atoms with Gasteiger partial charge in [-0.15, -0.1) is 0 Å². The Morgan fingerprint density at radius 1 is 1.06 bits per heavy atom. The number of carboxylic acids is 1. The number of rotatable bonds is 8. The van der Waals surface area contributed by atoms with Crippen molar-refractivity contribution in [2.75, 3.05) is 20.3 Å². The van der Waals surface area contributed by atoms with Gasteiger partial charge in [-0.1, -0.05) is 48.5 Å². The number of carboxylic acid groups (broad SMARTS) is 1. The van der Waals surface area contributed by atoms with Gasteiger partial charge in [0.05, 0.1) is 18.4 Å². The van der Waals surface area contributed by atoms with E-state index in [0.717, 1.165) is 35.1 Å². The third-order valence-electron chi connectivity index (χ3n) is 7.70. The Labute approximate surface area is 204 Å². The van der Waals surface area contributed by atoms with Crippen molar-refractivity contribution < 1.29 is 29.0 Å². The summed E-state index contributed by atoms with van der Waals surface area (Å²) in [5, 5.41) is 12.1. The molecule has 2 aliphatic heterocycles. The number of hydrogen-bond donors (Lipinski definition) is 2. The molecule has 8 nitrogen and oxygen atoms in total. The molecule has 2 bridgehead atoms. The molecule has 2 heterocycles. The minimum absolute atomic E-state index is 0.0128. The number of carbonyl (C=O) groups excluding carboxylic acids is 2. The zero-order chi connectivity index (χ0) is 24.5. The SMILES string of the molecule is COC(CNC(=O)OCC1c2ccccc2-c2ccccc21)CC(=O)N1[C@@H]2CC[C@H]1[C@@H](C(=O)O)C2. The highest BCUT2D eigenvalue weighted by atomic mass is 16.5. The van der Waals surface area contributed by atoms with Crippen LogP contribution in [0.1, 0.15) is 42.7 Å². The van der Waals surface area contributed by atoms with Crippen LogP contribution in [0.3, 0.4) is 0 Å². The summed E-state index contributed by atoms with van der Waals surface area (Å²) in [6.45, 7) is 0.342. The van der Waals surface area contributed by atoms with Crippen molar-refractivity contribution in [2.24, 2.45) is 5.92 Å². The van der Waals surface area contributed by atoms with Gasteiger partial charge < -0.3 is 24.8 Å². The van der Waals surface area contributed by atoms with E-state index in [0.29, 0.717) is 6.42 Å². The van der Waals surface area contributed by atoms with Crippen molar-refractivity contribution in [3.05, 3.63) is 59.7 Å². The fraction of sp³-hybridized carbons (Fsp3) is 0.444. The number of carbonyl (C=O) groups is 3. The van der Waals surface area contributed by atoms with Gasteiger partial charge in [0.15, 0.2) is 0 Å². The molecule has 0 saturated carbocycles. The zero-order valence-electron chi connectivity index (χ0n) is 19.7. The molecule has 2 fully saturated rings. The third-order valence-corrected chi connectivity index (χ3v) is 7.70. The molecule has 184 valence electrons. The van der Waals surface area contributed by atoms with Crippen LogP contribution in [0.25, 0.3) is 11.1 Å². The highest BCUT2D eigenvalue weighted by molar-refractivity contribution is 5.81. The Balaban J connectivity index is 1.14. The fourth-order valence-electron chi connectivity index (χ4n) is 6.03. The van der Waals surface area contributed by atoms with Crippen LogP contribution in [0.5, 0.6) is 0 Å². The van der Waals surface area contributed by atoms with Gasteiger partial charge in [-0.2, -0.15) is 0 Å². The lowest BCUT2D eigenvalue weighted by molar-refractivity contribution is -0.143. The topological polar surface area (TPSA) is 105 Å². The summed E-state index contributed by atoms with van der Waals surface area (Å²) < 4.78 is 11.0. The Hall–Kier alpha value is -3.39. The monoisotopic (exact) mass is 478 g/mol. The molecule has 35 heavy (non-hydrogen) atoms. The molecule has 2 N–H and O–H groups in total. The maximum atomic E-state index is 12.9. The first-order valence-electron chi connectivity index (χ1n) is 12.1. The molecule has 1 aliphatic carbocycles. The van der Waals surface area contributed by atoms with Crippen LogP contribution in [0, 0.1) is 5.92 Å². The molecule has 8 heteroatoms. The molecule has 3 aliphatic rings. The van der Waals surface area contributed by atoms with Gasteiger partial charge in [-0.3, -0.25) is 9.59 Å². The van der Waals surface area contributed by atoms with Crippen LogP contribution >= 0.6 is 0 Å². The fourth-order valence-corrected chi connectivity index (χ4v) is 6.03. The first-order chi connectivity index (χ1) is 17.0. The maximum absolute atomic E-state index is 12.9. The summed E-state index contributed by atoms with van der Waals surface area (Å²) in [4.78, 5) is 38.6. The number of methoxy groups -OCH3 is 1. The van der Waals surface area contributed by atoms with E-state index in [1.54, 1.807) is 4.90 Å². The standard InChI is InChI=1S/C27H30N2O6/c1-34-17(13-25(30)29-16-10-11-24(29)22(12-16)26(31)32)14-28-27(33)35-15-23-20-8-4-2-6-18(20)19-7-3-5-9-21(19)23/h2-9,16-17,22-24H,10-15H2,1H3,(H,28,33)(H,31,32)/t16-,17?,22+,24+/m1/s1. The van der Waals surface area contributed by atoms with Gasteiger partial charge in [-0.05, 0) is 41.5 Å². The quantitative estimate of drug-likeness (QED) is 0.603. The second-order valence-corrected chi connectivity index (χ2v) is 9.55. The number of ether oxygens (including phenoxy) is 2. The predicted molar refractivity (Wildman–Crippen MR) is 128 cm³/mol. The van der Waals surface area contributed by atoms with Gasteiger partial charge in [0.2, 0.25) is 5.91 Å². The second kappa shape index (κ2) is 9.70. The minimum Gasteiger partial charge on any atom is -0.481 e. The Morgan fingerprint density at radius 2 is 1.71 bits per heavy atom. The predicted octanol–water partition coefficient (Wildman–Crippen LogP) is 3.39. The summed E-state index contributed by atoms with van der Waals surface area (Å²) in [5.74, 6) is -1.48. The van der Waals surface area contributed by atoms with Crippen molar-refractivity contribution in [2.45, 2.75) is 49.8 Å². The number of hydrogen-bond acceptors (Lipinski definition) is 5. The number of aliphatic carboxylic acids is 1. The summed E-state index contributed by atoms with van der Waals surface area (Å²) >= 11 is 0. The first-order valence-corrected chi connectivity index (χ1v) is 12.1. The lowest BCUT2D eigenvalue weighted by Gasteiger charge is -2.25. The van der Waals surface area contributed by atoms with E-state index in [9.17, 15) is 19.5 Å². The van der Waals surface area contributed by atoms with Crippen LogP contribution in [0.4, 0.5) is 4.79 Å². The van der Waals surface area contributed by atoms with Gasteiger partial charge in [0.25, 0.3) is 0 Å². The van der Waals surface area contributed by atoms with E-state index in [2.05, 4.69) is 29.6 Å². The zero-order valence-corrected chi connectivity index (χ0v) is 19.7. The van der Waals surface area contributed by atoms with Gasteiger partial charge >= 0.3 is 12.1 Å². The summed E-state index contributed by atoms with van der Waals surface area (Å²) in [7, 11) is 1.50. The van der Waals surface area contributed by atoms with Crippen molar-refractivity contribution in [3.63, 3.8) is 0 Å². The average molecular weight is 479 g/mol. The molecule has 0 radical (unpaired) electrons. The van der Waals surface area contributed by atoms with Crippen molar-refractivity contribution in [1.82, 2.24) is 10.2 Å². The van der Waals surface area contributed by atoms with Crippen molar-refractivity contribution in [1.29, 1.82) is 0 Å². The molecule has 5 rings (SSSR count). The molecule has 0 spiro atoms. The number of amides is 2. The lowest BCUT2D eigenvalue weighted by Crippen LogP contribution is -2.42. The summed E-state index contributed by atoms with van der Waals surface area (Å²) in [6.07, 6.45) is 1.08. The molecule has 2 aromatic rings. The van der Waals surface area contributed by atoms with E-state index in [1.165, 1.54) is 7.11 Å². The Morgan fingerprint density at radius 3 is 2.31 bits per heavy atom. The number of nitrogens with one attached hydrogen (secondary N) is 1. The third kappa shape index (κ3) is 4.38. The molecule has 2 amide bonds. The van der Waals surface area contributed by atoms with E-state index in [-0.39, 0.29) is 43.5 Å². The number of alkyl carbamates (subject to hydrolysis) is 1. The normalized spacial score (nSPS) is 23.0. The van der Waals surface area contributed by atoms with Gasteiger partial charge in [-0.25, -0.2) is 4.79 Å². The van der Waals surface area contributed by atoms with Crippen LogP contribution in [-0.4, -0.2) is 66.4 Å². The van der Waals surface area contributed by atoms with Crippen molar-refractivity contribution >= 4 is 18.0 Å². The highest BCUT2D eigenvalue weighted by Gasteiger charge is 2.51. The van der Waals surface area contributed by atoms with Crippen LogP contribution in [-0.2, 0) is 19.1 Å². The van der Waals surface area contributed by atoms with Gasteiger partial charge in [0.1, 0.15) is 6.61 Å². The van der Waals surface area contributed by atoms with Crippen LogP contribution in [0.15, 0.2) is 48.5 Å². The second-order valence-electron chi connectivity index (χ2n) is 9.55. The van der Waals surface area contributed by atoms with E-state index in [4.69, 9.17) is 9.47 Å². The van der Waals surface area contributed by atoms with E-state index < -0.39 is 24.1 Å². The van der Waals surface area contributed by atoms with Crippen molar-refractivity contribution in [3.8, 4) is 11.1 Å². The van der Waals surface area contributed by atoms with Crippen LogP contribution in [0.2, 0.25) is 0 Å². The maximum Gasteiger partial charge on any atom is 0.407 e. The Kier molecular flexibility index (Phi) is 6.47. The molecule has 1 unspecified atom stereocenters. The Bertz CT molecular complexity index is 1090. The van der Waals surface area contributed by atoms with Crippen LogP contribution < -0.4 is 5.32 Å². The molecule has 4 atom stereocenters. The summed E-state index contributed by atoms with van der Waals surface area (Å²) in [6, 6.07) is 16.0. The molecule has 0 aromatic heterocycles. The highest BCUT2D eigenvalue weighted by Crippen LogP contribution is 2.44. The average Bonchev–Trinajstić information content (AvgIpc) is 3.55. The summed E-state index contributed by atoms with van der Waals surface area (Å²) in [5.41, 5.74) is 4.61. The largest absolute Gasteiger partial charge is 0.481 e. The number of benzene rings is 2. The lowest BCUT2D eigenvalue weighted by atomic mass is 9.89. The minimum atomic E-state index is -0.838. The number of nitrogens with zero attached hydrogens (tertiary/aromatic N) is 1. The van der Waals surface area contributed by atoms with E-state index in [1.807, 2.05) is 24.3 Å². The molecular formula is C27H30N2O6. The van der Waals surface area contributed by atoms with Gasteiger partial charge in [0, 0.05) is 31.7 Å². The first kappa shape index (κ1) is 23.4. The molecule has 2 aromatic carbocycles. The van der Waals surface area contributed by atoms with E-state index >= 15 is 0 Å².